The summed E-state index contributed by atoms with van der Waals surface area (Å²) in [6, 6.07) is 6.09. The van der Waals surface area contributed by atoms with Crippen molar-refractivity contribution in [1.82, 2.24) is 0 Å². The van der Waals surface area contributed by atoms with Crippen molar-refractivity contribution in [3.8, 4) is 0 Å². The number of hydrogen-bond acceptors (Lipinski definition) is 0. The van der Waals surface area contributed by atoms with Gasteiger partial charge in [0.25, 0.3) is 0 Å². The molecule has 1 nitrogen and oxygen atoms in total. The van der Waals surface area contributed by atoms with Crippen molar-refractivity contribution < 1.29 is 4.57 Å². The minimum Gasteiger partial charge on any atom is -0.171 e. The first-order valence-corrected chi connectivity index (χ1v) is 3.82. The molecule has 0 fully saturated rings. The Bertz CT molecular complexity index is 260. The molecule has 1 heterocycles. The molecule has 2 heteroatoms. The van der Waals surface area contributed by atoms with Crippen LogP contribution in [0.3, 0.4) is 0 Å². The number of nitrogens with zero attached hydrogens (tertiary/aromatic N) is 1. The fraction of sp³-hybridized carbons (Fsp3) is 0.300. The maximum Gasteiger partial charge on any atom is 0.182 e. The van der Waals surface area contributed by atoms with Crippen LogP contribution >= 0.6 is 12.4 Å². The van der Waals surface area contributed by atoms with Crippen LogP contribution in [0.1, 0.15) is 20.8 Å². The van der Waals surface area contributed by atoms with Crippen LogP contribution in [0, 0.1) is 0 Å². The molecule has 0 aliphatic carbocycles. The lowest BCUT2D eigenvalue weighted by Crippen LogP contribution is -2.29. The Balaban J connectivity index is 0.00000121. The summed E-state index contributed by atoms with van der Waals surface area (Å²) in [6.07, 6.45) is 4.12. The van der Waals surface area contributed by atoms with Gasteiger partial charge in [0.05, 0.1) is 0 Å². The van der Waals surface area contributed by atoms with Crippen LogP contribution in [0.25, 0.3) is 5.70 Å². The summed E-state index contributed by atoms with van der Waals surface area (Å²) in [5.74, 6) is 0. The van der Waals surface area contributed by atoms with Gasteiger partial charge < -0.3 is 0 Å². The number of hydrogen-bond donors (Lipinski definition) is 0. The first kappa shape index (κ1) is 11.2. The van der Waals surface area contributed by atoms with Gasteiger partial charge in [-0.25, -0.2) is 0 Å². The van der Waals surface area contributed by atoms with Gasteiger partial charge in [0.15, 0.2) is 18.1 Å². The van der Waals surface area contributed by atoms with Crippen molar-refractivity contribution in [3.63, 3.8) is 0 Å². The molecule has 1 aromatic heterocycles. The Morgan fingerprint density at radius 1 is 0.917 bits per heavy atom. The van der Waals surface area contributed by atoms with E-state index in [-0.39, 0.29) is 12.4 Å². The lowest BCUT2D eigenvalue weighted by molar-refractivity contribution is -0.582. The molecule has 0 amide bonds. The zero-order chi connectivity index (χ0) is 8.27. The minimum atomic E-state index is 0. The van der Waals surface area contributed by atoms with Crippen molar-refractivity contribution in [1.29, 1.82) is 0 Å². The monoisotopic (exact) mass is 184 g/mol. The highest BCUT2D eigenvalue weighted by molar-refractivity contribution is 5.85. The normalized spacial score (nSPS) is 8.58. The summed E-state index contributed by atoms with van der Waals surface area (Å²) in [5.41, 5.74) is 2.65. The summed E-state index contributed by atoms with van der Waals surface area (Å²) >= 11 is 0. The van der Waals surface area contributed by atoms with E-state index >= 15 is 0 Å². The van der Waals surface area contributed by atoms with Crippen LogP contribution in [0.5, 0.6) is 0 Å². The predicted molar refractivity (Wildman–Crippen MR) is 54.1 cm³/mol. The fourth-order valence-corrected chi connectivity index (χ4v) is 0.880. The molecule has 1 rings (SSSR count). The molecule has 66 valence electrons. The van der Waals surface area contributed by atoms with E-state index in [1.807, 2.05) is 18.2 Å². The largest absolute Gasteiger partial charge is 0.182 e. The topological polar surface area (TPSA) is 3.88 Å². The molecule has 12 heavy (non-hydrogen) atoms. The van der Waals surface area contributed by atoms with E-state index in [0.29, 0.717) is 0 Å². The lowest BCUT2D eigenvalue weighted by atomic mass is 10.3. The average Bonchev–Trinajstić information content (AvgIpc) is 2.05. The molecule has 0 N–H and O–H groups in total. The zero-order valence-electron chi connectivity index (χ0n) is 7.74. The zero-order valence-corrected chi connectivity index (χ0v) is 8.56. The molecule has 1 aromatic rings. The average molecular weight is 185 g/mol. The molecule has 0 atom stereocenters. The molecule has 0 bridgehead atoms. The minimum absolute atomic E-state index is 0. The van der Waals surface area contributed by atoms with Crippen LogP contribution in [0.2, 0.25) is 0 Å². The Morgan fingerprint density at radius 3 is 1.83 bits per heavy atom. The highest BCUT2D eigenvalue weighted by atomic mass is 35.5. The number of aromatic nitrogens is 1. The molecule has 0 radical (unpaired) electrons. The molecular weight excluding hydrogens is 170 g/mol. The van der Waals surface area contributed by atoms with Gasteiger partial charge in [-0.3, -0.25) is 0 Å². The van der Waals surface area contributed by atoms with E-state index < -0.39 is 0 Å². The SMILES string of the molecule is CC(C)=C(C)[n+]1ccccc1.Cl. The molecule has 0 spiro atoms. The molecule has 0 saturated carbocycles. The molecular formula is C10H15ClN+. The van der Waals surface area contributed by atoms with Crippen LogP contribution in [-0.4, -0.2) is 0 Å². The van der Waals surface area contributed by atoms with E-state index in [4.69, 9.17) is 0 Å². The third-order valence-electron chi connectivity index (χ3n) is 1.83. The number of rotatable bonds is 1. The maximum absolute atomic E-state index is 2.12. The smallest absolute Gasteiger partial charge is 0.171 e. The third-order valence-corrected chi connectivity index (χ3v) is 1.83. The van der Waals surface area contributed by atoms with Crippen molar-refractivity contribution in [2.75, 3.05) is 0 Å². The molecule has 0 aliphatic heterocycles. The van der Waals surface area contributed by atoms with Crippen LogP contribution < -0.4 is 4.57 Å². The second kappa shape index (κ2) is 4.94. The second-order valence-electron chi connectivity index (χ2n) is 2.87. The standard InChI is InChI=1S/C10H14N.ClH/c1-9(2)10(3)11-7-5-4-6-8-11;/h4-8H,1-3H3;1H/q+1;. The van der Waals surface area contributed by atoms with Gasteiger partial charge in [0.1, 0.15) is 0 Å². The van der Waals surface area contributed by atoms with Gasteiger partial charge in [-0.15, -0.1) is 12.4 Å². The van der Waals surface area contributed by atoms with Crippen LogP contribution in [0.4, 0.5) is 0 Å². The quantitative estimate of drug-likeness (QED) is 0.591. The van der Waals surface area contributed by atoms with Gasteiger partial charge in [0, 0.05) is 19.1 Å². The van der Waals surface area contributed by atoms with Crippen LogP contribution in [-0.2, 0) is 0 Å². The van der Waals surface area contributed by atoms with E-state index in [2.05, 4.69) is 37.7 Å². The van der Waals surface area contributed by atoms with Crippen molar-refractivity contribution in [3.05, 3.63) is 36.2 Å². The van der Waals surface area contributed by atoms with Crippen molar-refractivity contribution >= 4 is 18.1 Å². The third kappa shape index (κ3) is 2.67. The summed E-state index contributed by atoms with van der Waals surface area (Å²) in [6.45, 7) is 6.36. The van der Waals surface area contributed by atoms with Crippen molar-refractivity contribution in [2.45, 2.75) is 20.8 Å². The second-order valence-corrected chi connectivity index (χ2v) is 2.87. The molecule has 0 saturated heterocycles. The van der Waals surface area contributed by atoms with E-state index in [1.165, 1.54) is 11.3 Å². The van der Waals surface area contributed by atoms with Gasteiger partial charge >= 0.3 is 0 Å². The Labute approximate surface area is 80.1 Å². The molecule has 0 unspecified atom stereocenters. The van der Waals surface area contributed by atoms with Gasteiger partial charge in [-0.05, 0) is 19.4 Å². The Hall–Kier alpha value is -0.820. The molecule has 0 aromatic carbocycles. The number of pyridine rings is 1. The van der Waals surface area contributed by atoms with Crippen LogP contribution in [0.15, 0.2) is 36.2 Å². The predicted octanol–water partition coefficient (Wildman–Crippen LogP) is 2.67. The summed E-state index contributed by atoms with van der Waals surface area (Å²) in [7, 11) is 0. The summed E-state index contributed by atoms with van der Waals surface area (Å²) in [4.78, 5) is 0. The maximum atomic E-state index is 2.12. The number of halogens is 1. The highest BCUT2D eigenvalue weighted by Gasteiger charge is 2.01. The van der Waals surface area contributed by atoms with E-state index in [1.54, 1.807) is 0 Å². The first-order valence-electron chi connectivity index (χ1n) is 3.82. The highest BCUT2D eigenvalue weighted by Crippen LogP contribution is 1.99. The number of allylic oxidation sites excluding steroid dienone is 2. The lowest BCUT2D eigenvalue weighted by Gasteiger charge is -1.95. The Kier molecular flexibility index (Phi) is 4.60. The van der Waals surface area contributed by atoms with Crippen molar-refractivity contribution in [2.24, 2.45) is 0 Å². The molecule has 0 aliphatic rings. The van der Waals surface area contributed by atoms with E-state index in [0.717, 1.165) is 0 Å². The van der Waals surface area contributed by atoms with Gasteiger partial charge in [-0.1, -0.05) is 6.07 Å². The first-order chi connectivity index (χ1) is 5.22. The van der Waals surface area contributed by atoms with Gasteiger partial charge in [0.2, 0.25) is 0 Å². The summed E-state index contributed by atoms with van der Waals surface area (Å²) in [5, 5.41) is 0. The van der Waals surface area contributed by atoms with Gasteiger partial charge in [-0.2, -0.15) is 4.57 Å². The fourth-order valence-electron chi connectivity index (χ4n) is 0.880. The van der Waals surface area contributed by atoms with E-state index in [9.17, 15) is 0 Å². The summed E-state index contributed by atoms with van der Waals surface area (Å²) < 4.78 is 2.12. The Morgan fingerprint density at radius 2 is 1.42 bits per heavy atom.